The third-order valence-corrected chi connectivity index (χ3v) is 8.76. The van der Waals surface area contributed by atoms with Gasteiger partial charge < -0.3 is 10.8 Å². The Hall–Kier alpha value is -1.19. The minimum atomic E-state index is -0.987. The Kier molecular flexibility index (Phi) is 8.01. The number of rotatable bonds is 5. The normalized spacial score (nSPS) is 20.0. The molecule has 0 spiro atoms. The first kappa shape index (κ1) is 24.9. The number of nitrogens with zero attached hydrogens (tertiary/aromatic N) is 3. The molecule has 4 rings (SSSR count). The van der Waals surface area contributed by atoms with E-state index < -0.39 is 12.4 Å². The Morgan fingerprint density at radius 1 is 1.33 bits per heavy atom. The van der Waals surface area contributed by atoms with E-state index in [9.17, 15) is 9.90 Å². The lowest BCUT2D eigenvalue weighted by Gasteiger charge is -2.41. The molecule has 0 radical (unpaired) electrons. The first-order chi connectivity index (χ1) is 15.8. The number of primary amides is 1. The number of amides is 2. The molecule has 1 fully saturated rings. The van der Waals surface area contributed by atoms with Gasteiger partial charge in [-0.05, 0) is 98.7 Å². The molecule has 1 aliphatic carbocycles. The van der Waals surface area contributed by atoms with Crippen molar-refractivity contribution in [1.29, 1.82) is 0 Å². The predicted octanol–water partition coefficient (Wildman–Crippen LogP) is 5.27. The summed E-state index contributed by atoms with van der Waals surface area (Å²) in [5, 5.41) is 11.5. The Bertz CT molecular complexity index is 1030. The lowest BCUT2D eigenvalue weighted by atomic mass is 9.76. The summed E-state index contributed by atoms with van der Waals surface area (Å²) in [5.74, 6) is 0.514. The van der Waals surface area contributed by atoms with Gasteiger partial charge in [-0.1, -0.05) is 24.6 Å². The van der Waals surface area contributed by atoms with Gasteiger partial charge in [-0.2, -0.15) is 0 Å². The number of carbonyl (C=O) groups is 1. The predicted molar refractivity (Wildman–Crippen MR) is 137 cm³/mol. The summed E-state index contributed by atoms with van der Waals surface area (Å²) in [4.78, 5) is 20.0. The van der Waals surface area contributed by atoms with Crippen molar-refractivity contribution in [2.75, 3.05) is 19.6 Å². The van der Waals surface area contributed by atoms with Crippen LogP contribution in [0.4, 0.5) is 4.79 Å². The number of fused-ring (bicyclic) bond motifs is 2. The van der Waals surface area contributed by atoms with Crippen LogP contribution in [0.25, 0.3) is 0 Å². The monoisotopic (exact) mass is 598 g/mol. The summed E-state index contributed by atoms with van der Waals surface area (Å²) in [7, 11) is 0. The second-order valence-electron chi connectivity index (χ2n) is 8.86. The maximum atomic E-state index is 11.8. The molecule has 9 heteroatoms. The van der Waals surface area contributed by atoms with Gasteiger partial charge in [0.05, 0.1) is 10.7 Å². The summed E-state index contributed by atoms with van der Waals surface area (Å²) in [6.45, 7) is 3.77. The van der Waals surface area contributed by atoms with Crippen LogP contribution in [-0.2, 0) is 12.8 Å². The van der Waals surface area contributed by atoms with Crippen LogP contribution in [0.5, 0.6) is 0 Å². The number of aromatic nitrogens is 1. The molecule has 2 heterocycles. The molecule has 1 saturated heterocycles. The molecule has 2 aromatic rings. The first-order valence-electron chi connectivity index (χ1n) is 11.4. The van der Waals surface area contributed by atoms with Crippen LogP contribution in [0.3, 0.4) is 0 Å². The van der Waals surface area contributed by atoms with Gasteiger partial charge in [0.25, 0.3) is 0 Å². The molecule has 3 N–H and O–H groups in total. The molecule has 2 amide bonds. The van der Waals surface area contributed by atoms with Crippen molar-refractivity contribution in [2.24, 2.45) is 11.7 Å². The van der Waals surface area contributed by atoms with Crippen LogP contribution in [-0.4, -0.2) is 51.9 Å². The molecule has 1 aromatic heterocycles. The van der Waals surface area contributed by atoms with Crippen LogP contribution in [0.1, 0.15) is 54.5 Å². The number of hydrogen-bond acceptors (Lipinski definition) is 4. The van der Waals surface area contributed by atoms with Gasteiger partial charge in [-0.3, -0.25) is 14.8 Å². The van der Waals surface area contributed by atoms with E-state index in [1.165, 1.54) is 21.6 Å². The molecule has 1 aromatic carbocycles. The van der Waals surface area contributed by atoms with Crippen molar-refractivity contribution >= 4 is 49.5 Å². The number of carbonyl (C=O) groups excluding carboxylic acids is 1. The third-order valence-electron chi connectivity index (χ3n) is 6.87. The fraction of sp³-hybridized carbons (Fsp3) is 0.500. The van der Waals surface area contributed by atoms with E-state index in [1.54, 1.807) is 0 Å². The van der Waals surface area contributed by atoms with E-state index in [0.29, 0.717) is 25.6 Å². The molecular formula is C24H29Br2ClN4O2. The van der Waals surface area contributed by atoms with Crippen molar-refractivity contribution in [3.63, 3.8) is 0 Å². The Balaban J connectivity index is 1.63. The Morgan fingerprint density at radius 3 is 2.73 bits per heavy atom. The quantitative estimate of drug-likeness (QED) is 0.459. The molecule has 0 saturated carbocycles. The standard InChI is InChI=1S/C24H29Br2ClN4O2/c1-2-9-31(23(28)32)24(33)30-10-7-14(8-11-30)20-17-5-6-19(27)21(26)18(17)4-3-15-12-16(25)13-29-22(15)20/h5-6,12-14,20,24,33H,2-4,7-11H2,1H3,(H2,28,32). The van der Waals surface area contributed by atoms with Crippen molar-refractivity contribution in [3.05, 3.63) is 60.7 Å². The molecule has 1 aliphatic heterocycles. The molecule has 0 bridgehead atoms. The van der Waals surface area contributed by atoms with Crippen molar-refractivity contribution in [2.45, 2.75) is 51.3 Å². The largest absolute Gasteiger partial charge is 0.361 e. The zero-order valence-electron chi connectivity index (χ0n) is 18.6. The second kappa shape index (κ2) is 10.6. The summed E-state index contributed by atoms with van der Waals surface area (Å²) >= 11 is 13.8. The summed E-state index contributed by atoms with van der Waals surface area (Å²) in [6.07, 6.45) is 5.22. The number of piperidine rings is 1. The fourth-order valence-electron chi connectivity index (χ4n) is 5.27. The number of aliphatic hydroxyl groups excluding tert-OH is 1. The highest BCUT2D eigenvalue weighted by atomic mass is 79.9. The number of urea groups is 1. The number of aliphatic hydroxyl groups is 1. The van der Waals surface area contributed by atoms with Gasteiger partial charge in [0.2, 0.25) is 0 Å². The Labute approximate surface area is 216 Å². The van der Waals surface area contributed by atoms with Crippen LogP contribution in [0.15, 0.2) is 33.3 Å². The lowest BCUT2D eigenvalue weighted by molar-refractivity contribution is -0.101. The maximum Gasteiger partial charge on any atom is 0.317 e. The average Bonchev–Trinajstić information content (AvgIpc) is 2.96. The van der Waals surface area contributed by atoms with Crippen molar-refractivity contribution in [1.82, 2.24) is 14.8 Å². The van der Waals surface area contributed by atoms with Crippen LogP contribution >= 0.6 is 43.5 Å². The number of likely N-dealkylation sites (tertiary alicyclic amines) is 1. The van der Waals surface area contributed by atoms with E-state index in [0.717, 1.165) is 51.8 Å². The Morgan fingerprint density at radius 2 is 2.06 bits per heavy atom. The van der Waals surface area contributed by atoms with Gasteiger partial charge in [0.1, 0.15) is 0 Å². The zero-order valence-corrected chi connectivity index (χ0v) is 22.5. The average molecular weight is 601 g/mol. The minimum absolute atomic E-state index is 0.154. The fourth-order valence-corrected chi connectivity index (χ4v) is 6.39. The highest BCUT2D eigenvalue weighted by Gasteiger charge is 2.37. The summed E-state index contributed by atoms with van der Waals surface area (Å²) in [5.41, 5.74) is 10.4. The lowest BCUT2D eigenvalue weighted by Crippen LogP contribution is -2.55. The molecule has 33 heavy (non-hydrogen) atoms. The van der Waals surface area contributed by atoms with Gasteiger partial charge in [-0.25, -0.2) is 4.79 Å². The first-order valence-corrected chi connectivity index (χ1v) is 13.4. The van der Waals surface area contributed by atoms with Crippen LogP contribution in [0.2, 0.25) is 5.02 Å². The van der Waals surface area contributed by atoms with E-state index in [1.807, 2.05) is 24.1 Å². The molecule has 6 nitrogen and oxygen atoms in total. The molecular weight excluding hydrogens is 572 g/mol. The topological polar surface area (TPSA) is 82.7 Å². The molecule has 2 unspecified atom stereocenters. The highest BCUT2D eigenvalue weighted by Crippen LogP contribution is 2.45. The number of pyridine rings is 1. The van der Waals surface area contributed by atoms with Crippen molar-refractivity contribution in [3.8, 4) is 0 Å². The van der Waals surface area contributed by atoms with Gasteiger partial charge in [0.15, 0.2) is 6.35 Å². The smallest absolute Gasteiger partial charge is 0.317 e. The van der Waals surface area contributed by atoms with E-state index >= 15 is 0 Å². The van der Waals surface area contributed by atoms with Crippen LogP contribution in [0, 0.1) is 5.92 Å². The van der Waals surface area contributed by atoms with E-state index in [2.05, 4.69) is 44.0 Å². The number of benzene rings is 1. The molecule has 2 aliphatic rings. The second-order valence-corrected chi connectivity index (χ2v) is 11.0. The maximum absolute atomic E-state index is 11.8. The number of halogens is 3. The van der Waals surface area contributed by atoms with E-state index in [4.69, 9.17) is 22.3 Å². The summed E-state index contributed by atoms with van der Waals surface area (Å²) < 4.78 is 1.96. The zero-order chi connectivity index (χ0) is 23.7. The number of nitrogens with two attached hydrogens (primary N) is 1. The van der Waals surface area contributed by atoms with Crippen LogP contribution < -0.4 is 5.73 Å². The van der Waals surface area contributed by atoms with Crippen molar-refractivity contribution < 1.29 is 9.90 Å². The SMILES string of the molecule is CCCN(C(N)=O)C(O)N1CCC(C2c3ccc(Cl)c(Br)c3CCc3cc(Br)cnc32)CC1. The minimum Gasteiger partial charge on any atom is -0.361 e. The number of hydrogen-bond donors (Lipinski definition) is 2. The third kappa shape index (κ3) is 5.10. The summed E-state index contributed by atoms with van der Waals surface area (Å²) in [6, 6.07) is 5.72. The van der Waals surface area contributed by atoms with Gasteiger partial charge in [0, 0.05) is 40.7 Å². The molecule has 178 valence electrons. The van der Waals surface area contributed by atoms with E-state index in [-0.39, 0.29) is 5.92 Å². The molecule has 2 atom stereocenters. The highest BCUT2D eigenvalue weighted by molar-refractivity contribution is 9.10. The number of aryl methyl sites for hydroxylation is 1. The van der Waals surface area contributed by atoms with Gasteiger partial charge in [-0.15, -0.1) is 0 Å². The van der Waals surface area contributed by atoms with Gasteiger partial charge >= 0.3 is 6.03 Å².